The van der Waals surface area contributed by atoms with Gasteiger partial charge in [0.05, 0.1) is 22.8 Å². The zero-order valence-corrected chi connectivity index (χ0v) is 18.0. The van der Waals surface area contributed by atoms with Crippen molar-refractivity contribution in [2.75, 3.05) is 11.9 Å². The number of halogens is 3. The molecule has 0 aliphatic heterocycles. The molecule has 10 heteroatoms. The van der Waals surface area contributed by atoms with Crippen molar-refractivity contribution in [2.24, 2.45) is 0 Å². The van der Waals surface area contributed by atoms with Gasteiger partial charge in [0.25, 0.3) is 5.56 Å². The monoisotopic (exact) mass is 457 g/mol. The Labute approximate surface area is 186 Å². The van der Waals surface area contributed by atoms with Gasteiger partial charge in [-0.2, -0.15) is 18.3 Å². The molecule has 0 saturated carbocycles. The van der Waals surface area contributed by atoms with Crippen molar-refractivity contribution in [1.29, 1.82) is 0 Å². The van der Waals surface area contributed by atoms with Crippen molar-refractivity contribution in [3.63, 3.8) is 0 Å². The Kier molecular flexibility index (Phi) is 5.84. The van der Waals surface area contributed by atoms with Crippen molar-refractivity contribution in [3.05, 3.63) is 64.7 Å². The average molecular weight is 457 g/mol. The summed E-state index contributed by atoms with van der Waals surface area (Å²) < 4.78 is 38.2. The molecule has 0 saturated heterocycles. The van der Waals surface area contributed by atoms with Crippen molar-refractivity contribution < 1.29 is 18.0 Å². The van der Waals surface area contributed by atoms with Crippen molar-refractivity contribution in [1.82, 2.24) is 20.1 Å². The summed E-state index contributed by atoms with van der Waals surface area (Å²) >= 11 is 0. The van der Waals surface area contributed by atoms with Gasteiger partial charge in [-0.1, -0.05) is 26.0 Å². The van der Waals surface area contributed by atoms with Gasteiger partial charge in [0, 0.05) is 17.3 Å². The number of pyridine rings is 1. The number of nitrogens with one attached hydrogen (secondary N) is 3. The summed E-state index contributed by atoms with van der Waals surface area (Å²) in [7, 11) is 0. The van der Waals surface area contributed by atoms with Crippen LogP contribution in [0.25, 0.3) is 21.7 Å². The molecule has 0 unspecified atom stereocenters. The maximum absolute atomic E-state index is 13.1. The summed E-state index contributed by atoms with van der Waals surface area (Å²) in [4.78, 5) is 25.1. The van der Waals surface area contributed by atoms with E-state index >= 15 is 0 Å². The number of anilines is 2. The van der Waals surface area contributed by atoms with Crippen molar-refractivity contribution in [2.45, 2.75) is 32.5 Å². The SMILES string of the molecule is CC(C)c1cc(Nc2cccc3ccn(CC(=O)NCC(F)(F)F)c(=O)c23)cc2cn[nH]c12. The van der Waals surface area contributed by atoms with E-state index in [4.69, 9.17) is 0 Å². The fourth-order valence-corrected chi connectivity index (χ4v) is 3.74. The van der Waals surface area contributed by atoms with Gasteiger partial charge in [-0.25, -0.2) is 0 Å². The van der Waals surface area contributed by atoms with E-state index in [2.05, 4.69) is 29.4 Å². The van der Waals surface area contributed by atoms with Crippen LogP contribution >= 0.6 is 0 Å². The summed E-state index contributed by atoms with van der Waals surface area (Å²) in [5.41, 5.74) is 2.82. The number of hydrogen-bond acceptors (Lipinski definition) is 4. The molecule has 4 aromatic rings. The molecule has 2 aromatic carbocycles. The number of fused-ring (bicyclic) bond motifs is 2. The van der Waals surface area contributed by atoms with Crippen LogP contribution in [0.2, 0.25) is 0 Å². The van der Waals surface area contributed by atoms with E-state index < -0.39 is 30.7 Å². The molecule has 2 aromatic heterocycles. The summed E-state index contributed by atoms with van der Waals surface area (Å²) in [6.07, 6.45) is -1.40. The molecule has 3 N–H and O–H groups in total. The van der Waals surface area contributed by atoms with E-state index in [1.165, 1.54) is 6.20 Å². The van der Waals surface area contributed by atoms with Gasteiger partial charge in [-0.3, -0.25) is 14.7 Å². The topological polar surface area (TPSA) is 91.8 Å². The predicted octanol–water partition coefficient (Wildman–Crippen LogP) is 4.42. The number of rotatable bonds is 6. The minimum atomic E-state index is -4.52. The molecule has 172 valence electrons. The van der Waals surface area contributed by atoms with E-state index in [-0.39, 0.29) is 5.92 Å². The van der Waals surface area contributed by atoms with E-state index in [9.17, 15) is 22.8 Å². The number of carbonyl (C=O) groups excluding carboxylic acids is 1. The Morgan fingerprint density at radius 3 is 2.70 bits per heavy atom. The van der Waals surface area contributed by atoms with Gasteiger partial charge in [0.2, 0.25) is 5.91 Å². The van der Waals surface area contributed by atoms with Crippen LogP contribution in [0.5, 0.6) is 0 Å². The maximum atomic E-state index is 13.1. The molecule has 4 rings (SSSR count). The van der Waals surface area contributed by atoms with Gasteiger partial charge in [0.1, 0.15) is 13.1 Å². The second-order valence-corrected chi connectivity index (χ2v) is 8.09. The lowest BCUT2D eigenvalue weighted by Crippen LogP contribution is -2.37. The molecule has 0 aliphatic rings. The zero-order chi connectivity index (χ0) is 23.8. The first-order valence-corrected chi connectivity index (χ1v) is 10.3. The molecule has 7 nitrogen and oxygen atoms in total. The molecule has 33 heavy (non-hydrogen) atoms. The molecule has 0 bridgehead atoms. The largest absolute Gasteiger partial charge is 0.405 e. The molecular formula is C23H22F3N5O2. The minimum Gasteiger partial charge on any atom is -0.355 e. The highest BCUT2D eigenvalue weighted by Gasteiger charge is 2.27. The Morgan fingerprint density at radius 1 is 1.18 bits per heavy atom. The van der Waals surface area contributed by atoms with Crippen LogP contribution in [-0.2, 0) is 11.3 Å². The standard InChI is InChI=1S/C23H22F3N5O2/c1-13(2)17-9-16(8-15-10-28-30-21(15)17)29-18-5-3-4-14-6-7-31(22(33)20(14)18)11-19(32)27-12-23(24,25)26/h3-10,13,29H,11-12H2,1-2H3,(H,27,32)(H,28,30). The fourth-order valence-electron chi connectivity index (χ4n) is 3.74. The van der Waals surface area contributed by atoms with Crippen LogP contribution in [-0.4, -0.2) is 33.4 Å². The van der Waals surface area contributed by atoms with Crippen LogP contribution in [0.15, 0.2) is 53.6 Å². The summed E-state index contributed by atoms with van der Waals surface area (Å²) in [6, 6.07) is 10.8. The number of alkyl halides is 3. The number of amides is 1. The fraction of sp³-hybridized carbons (Fsp3) is 0.261. The second kappa shape index (κ2) is 8.61. The van der Waals surface area contributed by atoms with Crippen LogP contribution in [0.3, 0.4) is 0 Å². The Hall–Kier alpha value is -3.82. The van der Waals surface area contributed by atoms with Crippen LogP contribution in [0.1, 0.15) is 25.3 Å². The number of hydrogen-bond donors (Lipinski definition) is 3. The molecule has 0 fully saturated rings. The Bertz CT molecular complexity index is 1390. The average Bonchev–Trinajstić information content (AvgIpc) is 3.22. The first-order valence-electron chi connectivity index (χ1n) is 10.3. The normalized spacial score (nSPS) is 11.9. The molecule has 0 spiro atoms. The van der Waals surface area contributed by atoms with Crippen LogP contribution < -0.4 is 16.2 Å². The number of benzene rings is 2. The lowest BCUT2D eigenvalue weighted by Gasteiger charge is -2.15. The van der Waals surface area contributed by atoms with Gasteiger partial charge >= 0.3 is 6.18 Å². The minimum absolute atomic E-state index is 0.231. The van der Waals surface area contributed by atoms with E-state index in [0.29, 0.717) is 16.5 Å². The van der Waals surface area contributed by atoms with Crippen LogP contribution in [0, 0.1) is 0 Å². The molecule has 1 amide bonds. The highest BCUT2D eigenvalue weighted by atomic mass is 19.4. The van der Waals surface area contributed by atoms with Crippen molar-refractivity contribution in [3.8, 4) is 0 Å². The molecule has 0 atom stereocenters. The van der Waals surface area contributed by atoms with Gasteiger partial charge in [-0.15, -0.1) is 0 Å². The molecule has 2 heterocycles. The molecule has 0 radical (unpaired) electrons. The predicted molar refractivity (Wildman–Crippen MR) is 121 cm³/mol. The third-order valence-electron chi connectivity index (χ3n) is 5.29. The first-order chi connectivity index (χ1) is 15.6. The summed E-state index contributed by atoms with van der Waals surface area (Å²) in [5.74, 6) is -0.666. The number of aromatic amines is 1. The molecular weight excluding hydrogens is 435 g/mol. The third kappa shape index (κ3) is 4.84. The highest BCUT2D eigenvalue weighted by molar-refractivity contribution is 5.96. The first kappa shape index (κ1) is 22.4. The Balaban J connectivity index is 1.69. The number of nitrogens with zero attached hydrogens (tertiary/aromatic N) is 2. The lowest BCUT2D eigenvalue weighted by molar-refractivity contribution is -0.138. The number of aromatic nitrogens is 3. The number of carbonyl (C=O) groups is 1. The van der Waals surface area contributed by atoms with E-state index in [0.717, 1.165) is 26.7 Å². The maximum Gasteiger partial charge on any atom is 0.405 e. The second-order valence-electron chi connectivity index (χ2n) is 8.09. The highest BCUT2D eigenvalue weighted by Crippen LogP contribution is 2.31. The summed E-state index contributed by atoms with van der Waals surface area (Å²) in [5, 5.41) is 14.1. The van der Waals surface area contributed by atoms with E-state index in [1.807, 2.05) is 12.1 Å². The number of H-pyrrole nitrogens is 1. The van der Waals surface area contributed by atoms with Crippen molar-refractivity contribution >= 4 is 39.0 Å². The Morgan fingerprint density at radius 2 is 1.97 bits per heavy atom. The smallest absolute Gasteiger partial charge is 0.355 e. The van der Waals surface area contributed by atoms with Crippen LogP contribution in [0.4, 0.5) is 24.5 Å². The zero-order valence-electron chi connectivity index (χ0n) is 18.0. The quantitative estimate of drug-likeness (QED) is 0.400. The lowest BCUT2D eigenvalue weighted by atomic mass is 9.99. The van der Waals surface area contributed by atoms with Gasteiger partial charge in [-0.05, 0) is 41.1 Å². The molecule has 0 aliphatic carbocycles. The van der Waals surface area contributed by atoms with Gasteiger partial charge < -0.3 is 15.2 Å². The van der Waals surface area contributed by atoms with Gasteiger partial charge in [0.15, 0.2) is 0 Å². The van der Waals surface area contributed by atoms with E-state index in [1.54, 1.807) is 35.8 Å². The summed E-state index contributed by atoms with van der Waals surface area (Å²) in [6.45, 7) is 2.17. The third-order valence-corrected chi connectivity index (χ3v) is 5.29.